The summed E-state index contributed by atoms with van der Waals surface area (Å²) in [7, 11) is 0. The Morgan fingerprint density at radius 3 is 2.40 bits per heavy atom. The van der Waals surface area contributed by atoms with E-state index in [-0.39, 0.29) is 6.09 Å². The highest BCUT2D eigenvalue weighted by Crippen LogP contribution is 2.46. The number of piperidine rings is 1. The third kappa shape index (κ3) is 2.93. The molecule has 114 valence electrons. The molecule has 0 aromatic heterocycles. The van der Waals surface area contributed by atoms with E-state index < -0.39 is 5.60 Å². The third-order valence-corrected chi connectivity index (χ3v) is 4.75. The number of fused-ring (bicyclic) bond motifs is 1. The molecule has 3 aliphatic rings. The molecule has 4 atom stereocenters. The molecule has 1 heterocycles. The first-order valence-corrected chi connectivity index (χ1v) is 7.83. The molecule has 1 amide bonds. The molecule has 5 heteroatoms. The van der Waals surface area contributed by atoms with Crippen LogP contribution in [0.5, 0.6) is 0 Å². The zero-order valence-corrected chi connectivity index (χ0v) is 12.8. The maximum atomic E-state index is 12.0. The van der Waals surface area contributed by atoms with Gasteiger partial charge in [-0.1, -0.05) is 0 Å². The lowest BCUT2D eigenvalue weighted by atomic mass is 10.2. The summed E-state index contributed by atoms with van der Waals surface area (Å²) >= 11 is 0. The van der Waals surface area contributed by atoms with E-state index in [9.17, 15) is 4.79 Å². The second kappa shape index (κ2) is 4.88. The van der Waals surface area contributed by atoms with Crippen molar-refractivity contribution in [2.45, 2.75) is 63.8 Å². The van der Waals surface area contributed by atoms with Crippen LogP contribution < -0.4 is 11.1 Å². The Balaban J connectivity index is 1.43. The van der Waals surface area contributed by atoms with Crippen molar-refractivity contribution in [2.75, 3.05) is 13.1 Å². The number of likely N-dealkylation sites (tertiary alicyclic amines) is 1. The second-order valence-electron chi connectivity index (χ2n) is 7.68. The van der Waals surface area contributed by atoms with Crippen LogP contribution in [0.2, 0.25) is 0 Å². The molecule has 1 aliphatic heterocycles. The Kier molecular flexibility index (Phi) is 3.45. The minimum Gasteiger partial charge on any atom is -0.444 e. The van der Waals surface area contributed by atoms with Gasteiger partial charge in [-0.2, -0.15) is 0 Å². The number of nitrogens with zero attached hydrogens (tertiary/aromatic N) is 1. The molecule has 3 N–H and O–H groups in total. The molecule has 5 nitrogen and oxygen atoms in total. The molecule has 4 unspecified atom stereocenters. The van der Waals surface area contributed by atoms with Crippen LogP contribution in [-0.2, 0) is 4.74 Å². The van der Waals surface area contributed by atoms with Gasteiger partial charge in [-0.3, -0.25) is 0 Å². The van der Waals surface area contributed by atoms with Crippen molar-refractivity contribution in [3.63, 3.8) is 0 Å². The van der Waals surface area contributed by atoms with Crippen molar-refractivity contribution in [3.8, 4) is 0 Å². The van der Waals surface area contributed by atoms with Gasteiger partial charge in [0.15, 0.2) is 0 Å². The maximum absolute atomic E-state index is 12.0. The van der Waals surface area contributed by atoms with Crippen molar-refractivity contribution in [1.82, 2.24) is 10.2 Å². The zero-order chi connectivity index (χ0) is 14.5. The molecule has 0 radical (unpaired) electrons. The zero-order valence-electron chi connectivity index (χ0n) is 12.8. The highest BCUT2D eigenvalue weighted by molar-refractivity contribution is 5.69. The summed E-state index contributed by atoms with van der Waals surface area (Å²) < 4.78 is 5.42. The van der Waals surface area contributed by atoms with Gasteiger partial charge in [-0.25, -0.2) is 4.79 Å². The minimum atomic E-state index is -0.401. The Bertz CT molecular complexity index is 381. The van der Waals surface area contributed by atoms with E-state index in [0.29, 0.717) is 30.0 Å². The monoisotopic (exact) mass is 281 g/mol. The molecule has 2 aliphatic carbocycles. The standard InChI is InChI=1S/C15H27N3O2/c1-15(2,3)20-14(19)18-7-11-12(8-18)13(11)17-10-5-4-9(16)6-10/h9-13,17H,4-8,16H2,1-3H3. The largest absolute Gasteiger partial charge is 0.444 e. The van der Waals surface area contributed by atoms with E-state index in [1.807, 2.05) is 25.7 Å². The van der Waals surface area contributed by atoms with Crippen molar-refractivity contribution in [3.05, 3.63) is 0 Å². The fourth-order valence-corrected chi connectivity index (χ4v) is 3.69. The van der Waals surface area contributed by atoms with Crippen molar-refractivity contribution in [1.29, 1.82) is 0 Å². The lowest BCUT2D eigenvalue weighted by Gasteiger charge is -2.26. The minimum absolute atomic E-state index is 0.161. The molecule has 0 aromatic carbocycles. The van der Waals surface area contributed by atoms with Gasteiger partial charge >= 0.3 is 6.09 Å². The Labute approximate surface area is 121 Å². The van der Waals surface area contributed by atoms with Gasteiger partial charge < -0.3 is 20.7 Å². The van der Waals surface area contributed by atoms with Crippen LogP contribution in [0.4, 0.5) is 4.79 Å². The van der Waals surface area contributed by atoms with E-state index in [0.717, 1.165) is 25.9 Å². The lowest BCUT2D eigenvalue weighted by Crippen LogP contribution is -2.41. The smallest absolute Gasteiger partial charge is 0.410 e. The SMILES string of the molecule is CC(C)(C)OC(=O)N1CC2C(C1)C2NC1CCC(N)C1. The third-order valence-electron chi connectivity index (χ3n) is 4.75. The van der Waals surface area contributed by atoms with Crippen molar-refractivity contribution >= 4 is 6.09 Å². The quantitative estimate of drug-likeness (QED) is 0.801. The number of hydrogen-bond donors (Lipinski definition) is 2. The number of carbonyl (C=O) groups is 1. The summed E-state index contributed by atoms with van der Waals surface area (Å²) in [6, 6.07) is 1.57. The molecule has 0 aromatic rings. The molecular formula is C15H27N3O2. The topological polar surface area (TPSA) is 67.6 Å². The molecule has 0 bridgehead atoms. The molecule has 3 fully saturated rings. The van der Waals surface area contributed by atoms with Crippen LogP contribution in [0.25, 0.3) is 0 Å². The first-order valence-electron chi connectivity index (χ1n) is 7.83. The van der Waals surface area contributed by atoms with E-state index in [4.69, 9.17) is 10.5 Å². The van der Waals surface area contributed by atoms with E-state index in [2.05, 4.69) is 5.32 Å². The van der Waals surface area contributed by atoms with Crippen LogP contribution in [0.1, 0.15) is 40.0 Å². The average Bonchev–Trinajstić information content (AvgIpc) is 2.72. The van der Waals surface area contributed by atoms with Crippen LogP contribution in [0.15, 0.2) is 0 Å². The first-order chi connectivity index (χ1) is 9.33. The van der Waals surface area contributed by atoms with Crippen LogP contribution in [-0.4, -0.2) is 47.8 Å². The summed E-state index contributed by atoms with van der Waals surface area (Å²) in [5, 5.41) is 3.73. The van der Waals surface area contributed by atoms with Gasteiger partial charge in [0.1, 0.15) is 5.60 Å². The van der Waals surface area contributed by atoms with E-state index in [1.165, 1.54) is 6.42 Å². The maximum Gasteiger partial charge on any atom is 0.410 e. The normalized spacial score (nSPS) is 39.8. The number of amides is 1. The Morgan fingerprint density at radius 1 is 1.25 bits per heavy atom. The van der Waals surface area contributed by atoms with Crippen molar-refractivity contribution < 1.29 is 9.53 Å². The predicted molar refractivity (Wildman–Crippen MR) is 77.3 cm³/mol. The van der Waals surface area contributed by atoms with Crippen LogP contribution in [0, 0.1) is 11.8 Å². The van der Waals surface area contributed by atoms with Gasteiger partial charge in [0.05, 0.1) is 0 Å². The summed E-state index contributed by atoms with van der Waals surface area (Å²) in [4.78, 5) is 13.8. The van der Waals surface area contributed by atoms with E-state index >= 15 is 0 Å². The first kappa shape index (κ1) is 14.1. The van der Waals surface area contributed by atoms with Crippen LogP contribution >= 0.6 is 0 Å². The second-order valence-corrected chi connectivity index (χ2v) is 7.68. The lowest BCUT2D eigenvalue weighted by molar-refractivity contribution is 0.0268. The number of hydrogen-bond acceptors (Lipinski definition) is 4. The molecule has 3 rings (SSSR count). The summed E-state index contributed by atoms with van der Waals surface area (Å²) in [6.07, 6.45) is 3.29. The van der Waals surface area contributed by atoms with Gasteiger partial charge in [0.2, 0.25) is 0 Å². The Morgan fingerprint density at radius 2 is 1.90 bits per heavy atom. The number of nitrogens with one attached hydrogen (secondary N) is 1. The molecule has 0 spiro atoms. The summed E-state index contributed by atoms with van der Waals surface area (Å²) in [5.41, 5.74) is 5.55. The fraction of sp³-hybridized carbons (Fsp3) is 0.933. The molecule has 1 saturated heterocycles. The Hall–Kier alpha value is -0.810. The number of carbonyl (C=O) groups excluding carboxylic acids is 1. The fourth-order valence-electron chi connectivity index (χ4n) is 3.69. The predicted octanol–water partition coefficient (Wildman–Crippen LogP) is 1.32. The average molecular weight is 281 g/mol. The van der Waals surface area contributed by atoms with Gasteiger partial charge in [-0.15, -0.1) is 0 Å². The van der Waals surface area contributed by atoms with Gasteiger partial charge in [0.25, 0.3) is 0 Å². The number of ether oxygens (including phenoxy) is 1. The van der Waals surface area contributed by atoms with E-state index in [1.54, 1.807) is 0 Å². The van der Waals surface area contributed by atoms with Gasteiger partial charge in [-0.05, 0) is 51.9 Å². The van der Waals surface area contributed by atoms with Gasteiger partial charge in [0, 0.05) is 31.2 Å². The highest BCUT2D eigenvalue weighted by atomic mass is 16.6. The number of nitrogens with two attached hydrogens (primary N) is 1. The summed E-state index contributed by atoms with van der Waals surface area (Å²) in [5.74, 6) is 1.25. The highest BCUT2D eigenvalue weighted by Gasteiger charge is 2.57. The number of rotatable bonds is 2. The van der Waals surface area contributed by atoms with Crippen molar-refractivity contribution in [2.24, 2.45) is 17.6 Å². The summed E-state index contributed by atoms with van der Waals surface area (Å²) in [6.45, 7) is 7.42. The molecule has 2 saturated carbocycles. The van der Waals surface area contributed by atoms with Crippen LogP contribution in [0.3, 0.4) is 0 Å². The molecular weight excluding hydrogens is 254 g/mol. The molecule has 20 heavy (non-hydrogen) atoms.